The van der Waals surface area contributed by atoms with Crippen LogP contribution in [0.5, 0.6) is 0 Å². The molecule has 0 aliphatic heterocycles. The van der Waals surface area contributed by atoms with Gasteiger partial charge in [0, 0.05) is 11.1 Å². The average Bonchev–Trinajstić information content (AvgIpc) is 2.23. The topological polar surface area (TPSA) is 101 Å². The Balaban J connectivity index is 0.000000360. The standard InChI is InChI=1S/C7H8O4.C5H8O2/c1-3-2-4(6(8)9)5(3)7(10)11;1-4(2)5(6)7-3/h3H,2H2,1H3,(H,8,9)(H,10,11);1H2,2-3H3. The predicted octanol–water partition coefficient (Wildman–Crippen LogP) is 1.23. The number of carbonyl (C=O) groups excluding carboxylic acids is 1. The fraction of sp³-hybridized carbons (Fsp3) is 0.417. The second-order valence-corrected chi connectivity index (χ2v) is 3.88. The monoisotopic (exact) mass is 256 g/mol. The van der Waals surface area contributed by atoms with Crippen LogP contribution in [0.4, 0.5) is 0 Å². The molecule has 0 radical (unpaired) electrons. The van der Waals surface area contributed by atoms with Crippen molar-refractivity contribution in [3.05, 3.63) is 23.3 Å². The Hall–Kier alpha value is -2.11. The normalized spacial score (nSPS) is 16.9. The number of esters is 1. The van der Waals surface area contributed by atoms with Gasteiger partial charge in [0.2, 0.25) is 0 Å². The first kappa shape index (κ1) is 15.9. The summed E-state index contributed by atoms with van der Waals surface area (Å²) >= 11 is 0. The minimum atomic E-state index is -1.11. The molecule has 6 nitrogen and oxygen atoms in total. The van der Waals surface area contributed by atoms with Crippen molar-refractivity contribution < 1.29 is 29.3 Å². The van der Waals surface area contributed by atoms with E-state index in [1.165, 1.54) is 7.11 Å². The number of methoxy groups -OCH3 is 1. The van der Waals surface area contributed by atoms with Gasteiger partial charge < -0.3 is 14.9 Å². The van der Waals surface area contributed by atoms with E-state index in [2.05, 4.69) is 11.3 Å². The molecule has 0 amide bonds. The molecular formula is C12H16O6. The highest BCUT2D eigenvalue weighted by Gasteiger charge is 2.34. The van der Waals surface area contributed by atoms with E-state index in [0.29, 0.717) is 12.0 Å². The Morgan fingerprint density at radius 2 is 1.78 bits per heavy atom. The van der Waals surface area contributed by atoms with Crippen LogP contribution in [-0.4, -0.2) is 35.2 Å². The number of carboxylic acid groups (broad SMARTS) is 2. The average molecular weight is 256 g/mol. The third-order valence-corrected chi connectivity index (χ3v) is 2.35. The van der Waals surface area contributed by atoms with Gasteiger partial charge in [-0.1, -0.05) is 13.5 Å². The van der Waals surface area contributed by atoms with E-state index < -0.39 is 11.9 Å². The summed E-state index contributed by atoms with van der Waals surface area (Å²) in [6.45, 7) is 6.66. The first-order chi connectivity index (χ1) is 8.22. The SMILES string of the molecule is C=C(C)C(=O)OC.CC1CC(C(=O)O)=C1C(=O)O. The van der Waals surface area contributed by atoms with Gasteiger partial charge in [-0.25, -0.2) is 14.4 Å². The fourth-order valence-electron chi connectivity index (χ4n) is 1.40. The van der Waals surface area contributed by atoms with Crippen LogP contribution < -0.4 is 0 Å². The molecule has 1 rings (SSSR count). The Morgan fingerprint density at radius 1 is 1.28 bits per heavy atom. The third-order valence-electron chi connectivity index (χ3n) is 2.35. The van der Waals surface area contributed by atoms with Crippen LogP contribution in [0, 0.1) is 5.92 Å². The molecule has 0 saturated carbocycles. The number of hydrogen-bond acceptors (Lipinski definition) is 4. The maximum Gasteiger partial charge on any atom is 0.332 e. The second kappa shape index (κ2) is 6.58. The predicted molar refractivity (Wildman–Crippen MR) is 62.9 cm³/mol. The van der Waals surface area contributed by atoms with Crippen LogP contribution in [0.1, 0.15) is 20.3 Å². The molecule has 1 aliphatic rings. The van der Waals surface area contributed by atoms with Gasteiger partial charge in [0.1, 0.15) is 0 Å². The van der Waals surface area contributed by atoms with E-state index in [9.17, 15) is 14.4 Å². The molecule has 0 saturated heterocycles. The van der Waals surface area contributed by atoms with Gasteiger partial charge in [-0.05, 0) is 19.3 Å². The minimum Gasteiger partial charge on any atom is -0.478 e. The molecule has 0 fully saturated rings. The highest BCUT2D eigenvalue weighted by atomic mass is 16.5. The van der Waals surface area contributed by atoms with Gasteiger partial charge >= 0.3 is 17.9 Å². The Morgan fingerprint density at radius 3 is 1.89 bits per heavy atom. The number of hydrogen-bond donors (Lipinski definition) is 2. The number of carbonyl (C=O) groups is 3. The molecule has 1 unspecified atom stereocenters. The molecule has 0 spiro atoms. The van der Waals surface area contributed by atoms with Crippen molar-refractivity contribution in [2.75, 3.05) is 7.11 Å². The van der Waals surface area contributed by atoms with Gasteiger partial charge in [0.15, 0.2) is 0 Å². The summed E-state index contributed by atoms with van der Waals surface area (Å²) in [7, 11) is 1.33. The summed E-state index contributed by atoms with van der Waals surface area (Å²) in [4.78, 5) is 30.9. The van der Waals surface area contributed by atoms with Crippen LogP contribution in [0.25, 0.3) is 0 Å². The second-order valence-electron chi connectivity index (χ2n) is 3.88. The fourth-order valence-corrected chi connectivity index (χ4v) is 1.40. The lowest BCUT2D eigenvalue weighted by atomic mass is 9.78. The zero-order chi connectivity index (χ0) is 14.5. The van der Waals surface area contributed by atoms with E-state index in [-0.39, 0.29) is 23.0 Å². The summed E-state index contributed by atoms with van der Waals surface area (Å²) in [6.07, 6.45) is 0.372. The molecule has 100 valence electrons. The van der Waals surface area contributed by atoms with Crippen molar-refractivity contribution in [2.45, 2.75) is 20.3 Å². The van der Waals surface area contributed by atoms with Gasteiger partial charge in [0.05, 0.1) is 12.7 Å². The molecule has 1 atom stereocenters. The first-order valence-corrected chi connectivity index (χ1v) is 5.15. The van der Waals surface area contributed by atoms with Crippen molar-refractivity contribution in [1.29, 1.82) is 0 Å². The van der Waals surface area contributed by atoms with Gasteiger partial charge in [-0.3, -0.25) is 0 Å². The smallest absolute Gasteiger partial charge is 0.332 e. The van der Waals surface area contributed by atoms with Crippen molar-refractivity contribution >= 4 is 17.9 Å². The number of aliphatic carboxylic acids is 2. The quantitative estimate of drug-likeness (QED) is 0.581. The first-order valence-electron chi connectivity index (χ1n) is 5.15. The molecule has 18 heavy (non-hydrogen) atoms. The lowest BCUT2D eigenvalue weighted by Gasteiger charge is -2.24. The minimum absolute atomic E-state index is 0.0463. The molecule has 0 bridgehead atoms. The molecular weight excluding hydrogens is 240 g/mol. The molecule has 0 heterocycles. The Labute approximate surface area is 105 Å². The summed E-state index contributed by atoms with van der Waals surface area (Å²) in [6, 6.07) is 0. The van der Waals surface area contributed by atoms with Crippen molar-refractivity contribution in [3.63, 3.8) is 0 Å². The van der Waals surface area contributed by atoms with Gasteiger partial charge in [-0.2, -0.15) is 0 Å². The van der Waals surface area contributed by atoms with Gasteiger partial charge in [-0.15, -0.1) is 0 Å². The zero-order valence-electron chi connectivity index (χ0n) is 10.5. The summed E-state index contributed by atoms with van der Waals surface area (Å²) in [5.74, 6) is -2.68. The van der Waals surface area contributed by atoms with Gasteiger partial charge in [0.25, 0.3) is 0 Å². The largest absolute Gasteiger partial charge is 0.478 e. The van der Waals surface area contributed by atoms with Crippen molar-refractivity contribution in [2.24, 2.45) is 5.92 Å². The van der Waals surface area contributed by atoms with Crippen LogP contribution >= 0.6 is 0 Å². The van der Waals surface area contributed by atoms with Crippen LogP contribution in [-0.2, 0) is 19.1 Å². The molecule has 0 aromatic carbocycles. The number of carboxylic acids is 2. The van der Waals surface area contributed by atoms with E-state index in [1.54, 1.807) is 13.8 Å². The van der Waals surface area contributed by atoms with Crippen LogP contribution in [0.3, 0.4) is 0 Å². The van der Waals surface area contributed by atoms with Crippen molar-refractivity contribution in [3.8, 4) is 0 Å². The summed E-state index contributed by atoms with van der Waals surface area (Å²) in [5, 5.41) is 17.0. The highest BCUT2D eigenvalue weighted by Crippen LogP contribution is 2.34. The van der Waals surface area contributed by atoms with E-state index in [4.69, 9.17) is 10.2 Å². The van der Waals surface area contributed by atoms with E-state index >= 15 is 0 Å². The lowest BCUT2D eigenvalue weighted by molar-refractivity contribution is -0.137. The maximum atomic E-state index is 10.4. The van der Waals surface area contributed by atoms with E-state index in [1.807, 2.05) is 0 Å². The molecule has 6 heteroatoms. The lowest BCUT2D eigenvalue weighted by Crippen LogP contribution is -2.26. The molecule has 0 aromatic rings. The summed E-state index contributed by atoms with van der Waals surface area (Å²) in [5.41, 5.74) is 0.532. The third kappa shape index (κ3) is 4.04. The van der Waals surface area contributed by atoms with E-state index in [0.717, 1.165) is 0 Å². The molecule has 1 aliphatic carbocycles. The summed E-state index contributed by atoms with van der Waals surface area (Å²) < 4.78 is 4.27. The number of rotatable bonds is 3. The molecule has 2 N–H and O–H groups in total. The van der Waals surface area contributed by atoms with Crippen LogP contribution in [0.2, 0.25) is 0 Å². The zero-order valence-corrected chi connectivity index (χ0v) is 10.5. The number of ether oxygens (including phenoxy) is 1. The Kier molecular flexibility index (Phi) is 5.81. The van der Waals surface area contributed by atoms with Crippen LogP contribution in [0.15, 0.2) is 23.3 Å². The van der Waals surface area contributed by atoms with Crippen molar-refractivity contribution in [1.82, 2.24) is 0 Å². The maximum absolute atomic E-state index is 10.4. The highest BCUT2D eigenvalue weighted by molar-refractivity contribution is 6.02. The Bertz CT molecular complexity index is 418. The molecule has 0 aromatic heterocycles.